The quantitative estimate of drug-likeness (QED) is 0.634. The minimum absolute atomic E-state index is 0.985. The van der Waals surface area contributed by atoms with E-state index in [1.807, 2.05) is 0 Å². The van der Waals surface area contributed by atoms with Crippen molar-refractivity contribution in [2.75, 3.05) is 12.3 Å². The second-order valence-electron chi connectivity index (χ2n) is 5.03. The van der Waals surface area contributed by atoms with Crippen molar-refractivity contribution in [2.24, 2.45) is 0 Å². The van der Waals surface area contributed by atoms with Crippen LogP contribution >= 0.6 is 7.26 Å². The van der Waals surface area contributed by atoms with Gasteiger partial charge in [0.05, 0.1) is 19.6 Å². The van der Waals surface area contributed by atoms with E-state index in [0.29, 0.717) is 0 Å². The molecular weight excluding hydrogens is 247 g/mol. The van der Waals surface area contributed by atoms with Crippen LogP contribution in [-0.2, 0) is 0 Å². The zero-order chi connectivity index (χ0) is 13.3. The molecule has 2 aromatic rings. The van der Waals surface area contributed by atoms with Crippen LogP contribution in [0.2, 0.25) is 0 Å². The molecule has 19 heavy (non-hydrogen) atoms. The molecule has 0 aromatic heterocycles. The fraction of sp³-hybridized carbons (Fsp3) is 0.222. The maximum atomic E-state index is 2.36. The molecule has 0 fully saturated rings. The Bertz CT molecular complexity index is 541. The van der Waals surface area contributed by atoms with E-state index in [-0.39, 0.29) is 0 Å². The van der Waals surface area contributed by atoms with Gasteiger partial charge < -0.3 is 0 Å². The van der Waals surface area contributed by atoms with Crippen LogP contribution in [0, 0.1) is 0 Å². The molecule has 0 saturated heterocycles. The van der Waals surface area contributed by atoms with Gasteiger partial charge in [-0.1, -0.05) is 60.7 Å². The maximum Gasteiger partial charge on any atom is 0.149 e. The first-order valence-corrected chi connectivity index (χ1v) is 9.22. The first kappa shape index (κ1) is 12.6. The summed E-state index contributed by atoms with van der Waals surface area (Å²) in [5.74, 6) is 0. The van der Waals surface area contributed by atoms with Crippen molar-refractivity contribution in [3.8, 4) is 0 Å². The van der Waals surface area contributed by atoms with E-state index in [1.165, 1.54) is 23.5 Å². The third-order valence-electron chi connectivity index (χ3n) is 4.20. The van der Waals surface area contributed by atoms with Crippen molar-refractivity contribution in [1.29, 1.82) is 0 Å². The van der Waals surface area contributed by atoms with Gasteiger partial charge in [0.15, 0.2) is 0 Å². The monoisotopic (exact) mass is 267 g/mol. The molecule has 3 rings (SSSR count). The third kappa shape index (κ3) is 1.95. The molecular formula is C18H20P+. The second-order valence-corrected chi connectivity index (χ2v) is 9.12. The Hall–Kier alpha value is -1.39. The van der Waals surface area contributed by atoms with Gasteiger partial charge in [-0.2, -0.15) is 0 Å². The largest absolute Gasteiger partial charge is 0.149 e. The van der Waals surface area contributed by atoms with Gasteiger partial charge in [-0.3, -0.25) is 0 Å². The minimum atomic E-state index is -0.985. The normalized spacial score (nSPS) is 16.5. The lowest BCUT2D eigenvalue weighted by atomic mass is 10.1. The molecule has 0 radical (unpaired) electrons. The second kappa shape index (κ2) is 4.94. The molecule has 0 spiro atoms. The molecule has 1 heteroatoms. The Balaban J connectivity index is 2.10. The zero-order valence-electron chi connectivity index (χ0n) is 11.6. The van der Waals surface area contributed by atoms with Crippen LogP contribution in [0.4, 0.5) is 0 Å². The van der Waals surface area contributed by atoms with E-state index in [9.17, 15) is 0 Å². The van der Waals surface area contributed by atoms with Crippen molar-refractivity contribution in [3.63, 3.8) is 0 Å². The smallest absolute Gasteiger partial charge is 0.0622 e. The zero-order valence-corrected chi connectivity index (χ0v) is 12.5. The number of hydrogen-bond donors (Lipinski definition) is 0. The highest BCUT2D eigenvalue weighted by molar-refractivity contribution is 8.03. The number of hydrogen-bond acceptors (Lipinski definition) is 0. The lowest BCUT2D eigenvalue weighted by Crippen LogP contribution is -1.87. The van der Waals surface area contributed by atoms with Gasteiger partial charge in [-0.15, -0.1) is 0 Å². The molecule has 0 unspecified atom stereocenters. The first-order chi connectivity index (χ1) is 9.33. The fourth-order valence-electron chi connectivity index (χ4n) is 3.13. The lowest BCUT2D eigenvalue weighted by molar-refractivity contribution is 1.42. The van der Waals surface area contributed by atoms with Crippen LogP contribution in [0.15, 0.2) is 60.7 Å². The van der Waals surface area contributed by atoms with Crippen molar-refractivity contribution in [3.05, 3.63) is 71.8 Å². The van der Waals surface area contributed by atoms with Crippen LogP contribution < -0.4 is 0 Å². The summed E-state index contributed by atoms with van der Waals surface area (Å²) in [5.41, 5.74) is 2.89. The SMILES string of the molecule is CC[P+]1(CC)C(c2ccccc2)=C1c1ccccc1. The molecule has 0 nitrogen and oxygen atoms in total. The van der Waals surface area contributed by atoms with Crippen LogP contribution in [-0.4, -0.2) is 12.3 Å². The topological polar surface area (TPSA) is 0 Å². The molecule has 0 saturated carbocycles. The van der Waals surface area contributed by atoms with E-state index < -0.39 is 7.26 Å². The van der Waals surface area contributed by atoms with E-state index in [2.05, 4.69) is 74.5 Å². The Kier molecular flexibility index (Phi) is 3.29. The molecule has 96 valence electrons. The highest BCUT2D eigenvalue weighted by Crippen LogP contribution is 2.92. The summed E-state index contributed by atoms with van der Waals surface area (Å²) in [6.07, 6.45) is 2.61. The third-order valence-corrected chi connectivity index (χ3v) is 8.82. The first-order valence-electron chi connectivity index (χ1n) is 7.07. The van der Waals surface area contributed by atoms with E-state index >= 15 is 0 Å². The summed E-state index contributed by atoms with van der Waals surface area (Å²) in [6, 6.07) is 21.9. The lowest BCUT2D eigenvalue weighted by Gasteiger charge is -2.07. The molecule has 0 N–H and O–H groups in total. The van der Waals surface area contributed by atoms with Crippen molar-refractivity contribution in [1.82, 2.24) is 0 Å². The molecule has 0 aliphatic carbocycles. The predicted octanol–water partition coefficient (Wildman–Crippen LogP) is 5.58. The van der Waals surface area contributed by atoms with Gasteiger partial charge in [-0.25, -0.2) is 0 Å². The Morgan fingerprint density at radius 1 is 0.632 bits per heavy atom. The molecule has 0 amide bonds. The van der Waals surface area contributed by atoms with E-state index in [4.69, 9.17) is 0 Å². The summed E-state index contributed by atoms with van der Waals surface area (Å²) >= 11 is 0. The van der Waals surface area contributed by atoms with Crippen molar-refractivity contribution in [2.45, 2.75) is 13.8 Å². The Labute approximate surface area is 116 Å². The molecule has 2 aromatic carbocycles. The molecule has 1 aliphatic heterocycles. The van der Waals surface area contributed by atoms with Crippen molar-refractivity contribution >= 4 is 17.9 Å². The molecule has 1 heterocycles. The van der Waals surface area contributed by atoms with Crippen LogP contribution in [0.5, 0.6) is 0 Å². The number of rotatable bonds is 4. The minimum Gasteiger partial charge on any atom is -0.0622 e. The van der Waals surface area contributed by atoms with Gasteiger partial charge in [0, 0.05) is 11.1 Å². The average Bonchev–Trinajstić information content (AvgIpc) is 3.18. The van der Waals surface area contributed by atoms with Crippen LogP contribution in [0.1, 0.15) is 25.0 Å². The van der Waals surface area contributed by atoms with Crippen LogP contribution in [0.3, 0.4) is 0 Å². The fourth-order valence-corrected chi connectivity index (χ4v) is 7.44. The molecule has 1 aliphatic rings. The maximum absolute atomic E-state index is 2.36. The van der Waals surface area contributed by atoms with E-state index in [0.717, 1.165) is 0 Å². The Morgan fingerprint density at radius 2 is 1.00 bits per heavy atom. The summed E-state index contributed by atoms with van der Waals surface area (Å²) in [7, 11) is -0.985. The molecule has 0 bridgehead atoms. The van der Waals surface area contributed by atoms with Gasteiger partial charge in [0.25, 0.3) is 0 Å². The molecule has 0 atom stereocenters. The van der Waals surface area contributed by atoms with E-state index in [1.54, 1.807) is 10.6 Å². The van der Waals surface area contributed by atoms with Gasteiger partial charge >= 0.3 is 0 Å². The van der Waals surface area contributed by atoms with Crippen LogP contribution in [0.25, 0.3) is 10.6 Å². The van der Waals surface area contributed by atoms with Gasteiger partial charge in [0.1, 0.15) is 10.6 Å². The van der Waals surface area contributed by atoms with Gasteiger partial charge in [-0.05, 0) is 13.8 Å². The summed E-state index contributed by atoms with van der Waals surface area (Å²) < 4.78 is 0. The highest BCUT2D eigenvalue weighted by atomic mass is 31.2. The average molecular weight is 267 g/mol. The highest BCUT2D eigenvalue weighted by Gasteiger charge is 2.61. The van der Waals surface area contributed by atoms with Gasteiger partial charge in [0.2, 0.25) is 0 Å². The standard InChI is InChI=1S/C18H20P/c1-3-19(4-2)17(15-11-7-5-8-12-15)18(19)16-13-9-6-10-14-16/h5-14H,3-4H2,1-2H3/q+1. The predicted molar refractivity (Wildman–Crippen MR) is 87.7 cm³/mol. The number of benzene rings is 2. The summed E-state index contributed by atoms with van der Waals surface area (Å²) in [5, 5.41) is 3.34. The van der Waals surface area contributed by atoms with Crippen molar-refractivity contribution < 1.29 is 0 Å². The summed E-state index contributed by atoms with van der Waals surface area (Å²) in [6.45, 7) is 4.71. The Morgan fingerprint density at radius 3 is 1.32 bits per heavy atom. The summed E-state index contributed by atoms with van der Waals surface area (Å²) in [4.78, 5) is 0.